The molecule has 8 nitrogen and oxygen atoms in total. The molecule has 0 bridgehead atoms. The maximum Gasteiger partial charge on any atom is 0.327 e. The molecule has 1 amide bonds. The summed E-state index contributed by atoms with van der Waals surface area (Å²) >= 11 is 0. The third kappa shape index (κ3) is 3.27. The van der Waals surface area contributed by atoms with Gasteiger partial charge in [-0.15, -0.1) is 0 Å². The lowest BCUT2D eigenvalue weighted by Crippen LogP contribution is -2.15. The van der Waals surface area contributed by atoms with E-state index in [1.165, 1.54) is 27.4 Å². The first-order valence-corrected chi connectivity index (χ1v) is 8.28. The summed E-state index contributed by atoms with van der Waals surface area (Å²) in [6, 6.07) is 14.2. The zero-order chi connectivity index (χ0) is 20.3. The molecule has 0 aliphatic heterocycles. The third-order valence-electron chi connectivity index (χ3n) is 4.27. The molecule has 144 valence electrons. The van der Waals surface area contributed by atoms with Crippen molar-refractivity contribution >= 4 is 28.1 Å². The fraction of sp³-hybridized carbons (Fsp3) is 0.150. The van der Waals surface area contributed by atoms with Crippen LogP contribution in [0, 0.1) is 10.1 Å². The molecule has 0 fully saturated rings. The normalized spacial score (nSPS) is 10.4. The van der Waals surface area contributed by atoms with Crippen LogP contribution < -0.4 is 19.5 Å². The van der Waals surface area contributed by atoms with Gasteiger partial charge in [-0.1, -0.05) is 36.4 Å². The number of nitrogens with one attached hydrogen (secondary N) is 1. The van der Waals surface area contributed by atoms with E-state index in [9.17, 15) is 14.9 Å². The monoisotopic (exact) mass is 382 g/mol. The zero-order valence-electron chi connectivity index (χ0n) is 15.5. The summed E-state index contributed by atoms with van der Waals surface area (Å²) in [6.07, 6.45) is 0. The van der Waals surface area contributed by atoms with E-state index in [4.69, 9.17) is 14.2 Å². The van der Waals surface area contributed by atoms with Crippen LogP contribution >= 0.6 is 0 Å². The van der Waals surface area contributed by atoms with Gasteiger partial charge >= 0.3 is 5.69 Å². The Morgan fingerprint density at radius 3 is 2.29 bits per heavy atom. The summed E-state index contributed by atoms with van der Waals surface area (Å²) in [5.41, 5.74) is -0.170. The average Bonchev–Trinajstić information content (AvgIpc) is 2.71. The van der Waals surface area contributed by atoms with Gasteiger partial charge in [0.1, 0.15) is 5.56 Å². The smallest absolute Gasteiger partial charge is 0.327 e. The van der Waals surface area contributed by atoms with Crippen molar-refractivity contribution in [3.05, 3.63) is 64.2 Å². The highest BCUT2D eigenvalue weighted by Gasteiger charge is 2.32. The van der Waals surface area contributed by atoms with Crippen molar-refractivity contribution in [3.8, 4) is 17.2 Å². The molecular formula is C20H18N2O6. The molecule has 0 saturated carbocycles. The van der Waals surface area contributed by atoms with Crippen molar-refractivity contribution < 1.29 is 23.9 Å². The molecule has 3 aromatic carbocycles. The predicted molar refractivity (Wildman–Crippen MR) is 105 cm³/mol. The van der Waals surface area contributed by atoms with Crippen LogP contribution in [0.3, 0.4) is 0 Å². The molecular weight excluding hydrogens is 364 g/mol. The molecule has 0 aliphatic rings. The topological polar surface area (TPSA) is 99.9 Å². The fourth-order valence-corrected chi connectivity index (χ4v) is 3.02. The summed E-state index contributed by atoms with van der Waals surface area (Å²) < 4.78 is 15.5. The Balaban J connectivity index is 2.14. The van der Waals surface area contributed by atoms with Crippen molar-refractivity contribution in [1.29, 1.82) is 0 Å². The first-order valence-electron chi connectivity index (χ1n) is 8.28. The van der Waals surface area contributed by atoms with E-state index in [2.05, 4.69) is 5.32 Å². The molecule has 0 heterocycles. The van der Waals surface area contributed by atoms with Gasteiger partial charge in [0.05, 0.1) is 26.3 Å². The highest BCUT2D eigenvalue weighted by Crippen LogP contribution is 2.46. The number of rotatable bonds is 6. The Hall–Kier alpha value is -3.81. The quantitative estimate of drug-likeness (QED) is 0.510. The van der Waals surface area contributed by atoms with Crippen molar-refractivity contribution in [1.82, 2.24) is 0 Å². The number of hydrogen-bond donors (Lipinski definition) is 1. The number of fused-ring (bicyclic) bond motifs is 1. The number of nitro groups is 1. The van der Waals surface area contributed by atoms with Crippen LogP contribution in [0.1, 0.15) is 10.4 Å². The van der Waals surface area contributed by atoms with Gasteiger partial charge in [0.25, 0.3) is 5.91 Å². The van der Waals surface area contributed by atoms with Gasteiger partial charge in [-0.3, -0.25) is 14.9 Å². The SMILES string of the molecule is COc1cc(C(=O)Nc2cccc3ccccc23)c([N+](=O)[O-])c(OC)c1OC. The lowest BCUT2D eigenvalue weighted by atomic mass is 10.1. The van der Waals surface area contributed by atoms with Crippen molar-refractivity contribution in [3.63, 3.8) is 0 Å². The molecule has 0 spiro atoms. The number of benzene rings is 3. The Morgan fingerprint density at radius 1 is 0.964 bits per heavy atom. The zero-order valence-corrected chi connectivity index (χ0v) is 15.5. The van der Waals surface area contributed by atoms with Gasteiger partial charge in [-0.05, 0) is 11.5 Å². The Labute approximate surface area is 160 Å². The molecule has 1 N–H and O–H groups in total. The van der Waals surface area contributed by atoms with Gasteiger partial charge in [0.2, 0.25) is 11.5 Å². The number of carbonyl (C=O) groups is 1. The average molecular weight is 382 g/mol. The third-order valence-corrected chi connectivity index (χ3v) is 4.27. The number of amides is 1. The number of carbonyl (C=O) groups excluding carboxylic acids is 1. The molecule has 8 heteroatoms. The summed E-state index contributed by atoms with van der Waals surface area (Å²) in [5.74, 6) is -0.663. The van der Waals surface area contributed by atoms with Gasteiger partial charge in [-0.2, -0.15) is 0 Å². The lowest BCUT2D eigenvalue weighted by Gasteiger charge is -2.15. The van der Waals surface area contributed by atoms with Crippen molar-refractivity contribution in [2.24, 2.45) is 0 Å². The molecule has 0 unspecified atom stereocenters. The molecule has 0 saturated heterocycles. The lowest BCUT2D eigenvalue weighted by molar-refractivity contribution is -0.386. The van der Waals surface area contributed by atoms with E-state index >= 15 is 0 Å². The molecule has 0 aromatic heterocycles. The molecule has 28 heavy (non-hydrogen) atoms. The van der Waals surface area contributed by atoms with Crippen LogP contribution in [0.2, 0.25) is 0 Å². The van der Waals surface area contributed by atoms with E-state index in [0.29, 0.717) is 5.69 Å². The second-order valence-corrected chi connectivity index (χ2v) is 5.78. The predicted octanol–water partition coefficient (Wildman–Crippen LogP) is 4.03. The van der Waals surface area contributed by atoms with E-state index in [-0.39, 0.29) is 22.8 Å². The Morgan fingerprint density at radius 2 is 1.64 bits per heavy atom. The van der Waals surface area contributed by atoms with Crippen LogP contribution in [-0.2, 0) is 0 Å². The van der Waals surface area contributed by atoms with Gasteiger partial charge in [0.15, 0.2) is 5.75 Å². The van der Waals surface area contributed by atoms with Gasteiger partial charge < -0.3 is 19.5 Å². The maximum absolute atomic E-state index is 13.0. The molecule has 0 aliphatic carbocycles. The maximum atomic E-state index is 13.0. The molecule has 0 radical (unpaired) electrons. The minimum atomic E-state index is -0.682. The van der Waals surface area contributed by atoms with Crippen LogP contribution in [0.15, 0.2) is 48.5 Å². The first-order chi connectivity index (χ1) is 13.5. The largest absolute Gasteiger partial charge is 0.493 e. The van der Waals surface area contributed by atoms with Crippen molar-refractivity contribution in [2.75, 3.05) is 26.6 Å². The number of anilines is 1. The minimum absolute atomic E-state index is 0.0402. The fourth-order valence-electron chi connectivity index (χ4n) is 3.02. The van der Waals surface area contributed by atoms with Crippen LogP contribution in [-0.4, -0.2) is 32.2 Å². The summed E-state index contributed by atoms with van der Waals surface area (Å²) in [5, 5.41) is 16.2. The Kier molecular flexibility index (Phi) is 5.30. The first kappa shape index (κ1) is 19.0. The van der Waals surface area contributed by atoms with Crippen molar-refractivity contribution in [2.45, 2.75) is 0 Å². The highest BCUT2D eigenvalue weighted by atomic mass is 16.6. The van der Waals surface area contributed by atoms with Crippen LogP contribution in [0.4, 0.5) is 11.4 Å². The molecule has 3 rings (SSSR count). The van der Waals surface area contributed by atoms with E-state index < -0.39 is 16.5 Å². The summed E-state index contributed by atoms with van der Waals surface area (Å²) in [6.45, 7) is 0. The van der Waals surface area contributed by atoms with Gasteiger partial charge in [0, 0.05) is 17.1 Å². The highest BCUT2D eigenvalue weighted by molar-refractivity contribution is 6.12. The number of methoxy groups -OCH3 is 3. The number of ether oxygens (including phenoxy) is 3. The standard InChI is InChI=1S/C20H18N2O6/c1-26-16-11-14(17(22(24)25)19(28-3)18(16)27-2)20(23)21-15-10-6-8-12-7-4-5-9-13(12)15/h4-11H,1-3H3,(H,21,23). The summed E-state index contributed by atoms with van der Waals surface area (Å²) in [4.78, 5) is 24.0. The van der Waals surface area contributed by atoms with E-state index in [1.54, 1.807) is 12.1 Å². The second kappa shape index (κ2) is 7.83. The molecule has 3 aromatic rings. The van der Waals surface area contributed by atoms with Crippen LogP contribution in [0.5, 0.6) is 17.2 Å². The number of nitrogens with zero attached hydrogens (tertiary/aromatic N) is 1. The number of hydrogen-bond acceptors (Lipinski definition) is 6. The number of nitro benzene ring substituents is 1. The Bertz CT molecular complexity index is 1060. The minimum Gasteiger partial charge on any atom is -0.493 e. The van der Waals surface area contributed by atoms with E-state index in [1.807, 2.05) is 30.3 Å². The summed E-state index contributed by atoms with van der Waals surface area (Å²) in [7, 11) is 3.96. The van der Waals surface area contributed by atoms with E-state index in [0.717, 1.165) is 10.8 Å². The van der Waals surface area contributed by atoms with Gasteiger partial charge in [-0.25, -0.2) is 0 Å². The van der Waals surface area contributed by atoms with Crippen LogP contribution in [0.25, 0.3) is 10.8 Å². The second-order valence-electron chi connectivity index (χ2n) is 5.78. The molecule has 0 atom stereocenters.